The summed E-state index contributed by atoms with van der Waals surface area (Å²) in [5, 5.41) is 1.03. The third-order valence-electron chi connectivity index (χ3n) is 0.963. The monoisotopic (exact) mass is 174 g/mol. The number of hydrogen-bond donors (Lipinski definition) is 0. The maximum absolute atomic E-state index is 10.4. The van der Waals surface area contributed by atoms with Crippen LogP contribution < -0.4 is 0 Å². The van der Waals surface area contributed by atoms with Crippen molar-refractivity contribution in [2.75, 3.05) is 0 Å². The highest BCUT2D eigenvalue weighted by atomic mass is 35.5. The van der Waals surface area contributed by atoms with Crippen LogP contribution in [0.4, 0.5) is 0 Å². The number of hydrogen-bond acceptors (Lipinski definition) is 3. The fourth-order valence-electron chi connectivity index (χ4n) is 0.518. The Labute approximate surface area is 66.4 Å². The van der Waals surface area contributed by atoms with E-state index < -0.39 is 5.24 Å². The first-order chi connectivity index (χ1) is 4.74. The smallest absolute Gasteiger partial charge is 0.253 e. The van der Waals surface area contributed by atoms with Crippen molar-refractivity contribution >= 4 is 34.5 Å². The quantitative estimate of drug-likeness (QED) is 0.507. The minimum Gasteiger partial charge on any atom is -0.297 e. The van der Waals surface area contributed by atoms with Gasteiger partial charge in [-0.15, -0.1) is 11.3 Å². The summed E-state index contributed by atoms with van der Waals surface area (Å²) in [6.45, 7) is 0. The fourth-order valence-corrected chi connectivity index (χ4v) is 1.38. The maximum atomic E-state index is 10.4. The number of carbonyl (C=O) groups is 2. The summed E-state index contributed by atoms with van der Waals surface area (Å²) in [6.07, 6.45) is 0.688. The third kappa shape index (κ3) is 1.43. The van der Waals surface area contributed by atoms with Crippen LogP contribution in [0.3, 0.4) is 0 Å². The summed E-state index contributed by atoms with van der Waals surface area (Å²) in [4.78, 5) is 21.0. The normalized spacial score (nSPS) is 9.30. The molecule has 1 aromatic heterocycles. The maximum Gasteiger partial charge on any atom is 0.253 e. The molecule has 0 saturated carbocycles. The third-order valence-corrected chi connectivity index (χ3v) is 2.04. The van der Waals surface area contributed by atoms with Gasteiger partial charge in [-0.1, -0.05) is 0 Å². The van der Waals surface area contributed by atoms with Gasteiger partial charge in [0.25, 0.3) is 5.24 Å². The largest absolute Gasteiger partial charge is 0.297 e. The minimum absolute atomic E-state index is 0.383. The Morgan fingerprint density at radius 1 is 1.70 bits per heavy atom. The summed E-state index contributed by atoms with van der Waals surface area (Å²) in [5.41, 5.74) is 0.383. The predicted octanol–water partition coefficient (Wildman–Crippen LogP) is 1.94. The van der Waals surface area contributed by atoms with Gasteiger partial charge in [0.2, 0.25) is 0 Å². The zero-order valence-corrected chi connectivity index (χ0v) is 6.41. The molecule has 0 aliphatic heterocycles. The predicted molar refractivity (Wildman–Crippen MR) is 39.9 cm³/mol. The van der Waals surface area contributed by atoms with E-state index in [4.69, 9.17) is 11.6 Å². The summed E-state index contributed by atoms with van der Waals surface area (Å²) >= 11 is 6.33. The number of halogens is 1. The van der Waals surface area contributed by atoms with Crippen LogP contribution in [-0.2, 0) is 0 Å². The van der Waals surface area contributed by atoms with Crippen molar-refractivity contribution < 1.29 is 9.59 Å². The zero-order chi connectivity index (χ0) is 7.56. The highest BCUT2D eigenvalue weighted by Crippen LogP contribution is 2.13. The van der Waals surface area contributed by atoms with Crippen molar-refractivity contribution in [2.45, 2.75) is 0 Å². The van der Waals surface area contributed by atoms with E-state index >= 15 is 0 Å². The molecule has 1 aromatic rings. The molecule has 0 fully saturated rings. The lowest BCUT2D eigenvalue weighted by molar-refractivity contribution is 0.108. The van der Waals surface area contributed by atoms with Gasteiger partial charge >= 0.3 is 0 Å². The molecule has 52 valence electrons. The van der Waals surface area contributed by atoms with Crippen LogP contribution in [0.2, 0.25) is 0 Å². The van der Waals surface area contributed by atoms with Crippen LogP contribution in [0.15, 0.2) is 11.4 Å². The van der Waals surface area contributed by atoms with Gasteiger partial charge in [0, 0.05) is 10.9 Å². The number of rotatable bonds is 2. The molecule has 0 radical (unpaired) electrons. The molecule has 4 heteroatoms. The second kappa shape index (κ2) is 2.94. The Morgan fingerprint density at radius 3 is 2.70 bits per heavy atom. The van der Waals surface area contributed by atoms with Gasteiger partial charge in [0.05, 0.1) is 4.88 Å². The molecular weight excluding hydrogens is 172 g/mol. The first kappa shape index (κ1) is 7.44. The summed E-state index contributed by atoms with van der Waals surface area (Å²) in [6, 6.07) is 1.47. The van der Waals surface area contributed by atoms with Gasteiger partial charge in [-0.25, -0.2) is 0 Å². The van der Waals surface area contributed by atoms with Crippen LogP contribution >= 0.6 is 22.9 Å². The molecule has 0 atom stereocenters. The molecular formula is C6H3ClO2S. The van der Waals surface area contributed by atoms with Crippen molar-refractivity contribution in [1.29, 1.82) is 0 Å². The Morgan fingerprint density at radius 2 is 2.40 bits per heavy atom. The Kier molecular flexibility index (Phi) is 2.19. The fraction of sp³-hybridized carbons (Fsp3) is 0. The van der Waals surface area contributed by atoms with Crippen molar-refractivity contribution in [1.82, 2.24) is 0 Å². The van der Waals surface area contributed by atoms with Crippen molar-refractivity contribution in [3.05, 3.63) is 21.9 Å². The molecule has 0 saturated heterocycles. The molecule has 0 aliphatic carbocycles. The van der Waals surface area contributed by atoms with Gasteiger partial charge < -0.3 is 0 Å². The van der Waals surface area contributed by atoms with Crippen molar-refractivity contribution in [3.8, 4) is 0 Å². The van der Waals surface area contributed by atoms with Crippen molar-refractivity contribution in [3.63, 3.8) is 0 Å². The standard InChI is InChI=1S/C6H3ClO2S/c7-6(9)4-1-5(2-8)10-3-4/h1-3H. The molecule has 2 nitrogen and oxygen atoms in total. The van der Waals surface area contributed by atoms with Crippen LogP contribution in [-0.4, -0.2) is 11.5 Å². The summed E-state index contributed by atoms with van der Waals surface area (Å²) < 4.78 is 0. The average Bonchev–Trinajstić information content (AvgIpc) is 2.34. The van der Waals surface area contributed by atoms with E-state index in [1.807, 2.05) is 0 Å². The molecule has 0 aromatic carbocycles. The van der Waals surface area contributed by atoms with Gasteiger partial charge in [0.15, 0.2) is 6.29 Å². The van der Waals surface area contributed by atoms with E-state index in [1.165, 1.54) is 17.4 Å². The van der Waals surface area contributed by atoms with Gasteiger partial charge in [0.1, 0.15) is 0 Å². The highest BCUT2D eigenvalue weighted by molar-refractivity contribution is 7.12. The van der Waals surface area contributed by atoms with Crippen LogP contribution in [0.5, 0.6) is 0 Å². The summed E-state index contributed by atoms with van der Waals surface area (Å²) in [7, 11) is 0. The Bertz CT molecular complexity index is 266. The molecule has 0 N–H and O–H groups in total. The number of carbonyl (C=O) groups excluding carboxylic acids is 2. The molecule has 1 rings (SSSR count). The Hall–Kier alpha value is -0.670. The lowest BCUT2D eigenvalue weighted by atomic mass is 10.3. The van der Waals surface area contributed by atoms with E-state index in [9.17, 15) is 9.59 Å². The second-order valence-electron chi connectivity index (χ2n) is 1.63. The molecule has 0 aliphatic rings. The average molecular weight is 175 g/mol. The SMILES string of the molecule is O=Cc1cc(C(=O)Cl)cs1. The zero-order valence-electron chi connectivity index (χ0n) is 4.83. The molecule has 0 spiro atoms. The van der Waals surface area contributed by atoms with Crippen molar-refractivity contribution in [2.24, 2.45) is 0 Å². The minimum atomic E-state index is -0.524. The second-order valence-corrected chi connectivity index (χ2v) is 2.92. The van der Waals surface area contributed by atoms with Gasteiger partial charge in [-0.05, 0) is 17.7 Å². The van der Waals surface area contributed by atoms with Gasteiger partial charge in [-0.2, -0.15) is 0 Å². The molecule has 0 amide bonds. The van der Waals surface area contributed by atoms with Crippen LogP contribution in [0.1, 0.15) is 20.0 Å². The number of aldehydes is 1. The van der Waals surface area contributed by atoms with E-state index in [0.29, 0.717) is 16.7 Å². The molecule has 0 bridgehead atoms. The molecule has 10 heavy (non-hydrogen) atoms. The van der Waals surface area contributed by atoms with Gasteiger partial charge in [-0.3, -0.25) is 9.59 Å². The number of thiophene rings is 1. The van der Waals surface area contributed by atoms with Crippen LogP contribution in [0, 0.1) is 0 Å². The van der Waals surface area contributed by atoms with E-state index in [-0.39, 0.29) is 0 Å². The lowest BCUT2D eigenvalue weighted by Gasteiger charge is -1.78. The van der Waals surface area contributed by atoms with E-state index in [1.54, 1.807) is 5.38 Å². The summed E-state index contributed by atoms with van der Waals surface area (Å²) in [5.74, 6) is 0. The van der Waals surface area contributed by atoms with E-state index in [0.717, 1.165) is 0 Å². The van der Waals surface area contributed by atoms with Crippen LogP contribution in [0.25, 0.3) is 0 Å². The lowest BCUT2D eigenvalue weighted by Crippen LogP contribution is -1.81. The first-order valence-corrected chi connectivity index (χ1v) is 3.73. The first-order valence-electron chi connectivity index (χ1n) is 2.47. The molecule has 1 heterocycles. The molecule has 0 unspecified atom stereocenters. The Balaban J connectivity index is 2.98. The highest BCUT2D eigenvalue weighted by Gasteiger charge is 2.03. The topological polar surface area (TPSA) is 34.1 Å². The van der Waals surface area contributed by atoms with E-state index in [2.05, 4.69) is 0 Å².